The molecule has 2 nitrogen and oxygen atoms in total. The predicted molar refractivity (Wildman–Crippen MR) is 66.6 cm³/mol. The lowest BCUT2D eigenvalue weighted by atomic mass is 10.1. The van der Waals surface area contributed by atoms with Gasteiger partial charge in [0.25, 0.3) is 17.9 Å². The van der Waals surface area contributed by atoms with Crippen LogP contribution in [0.15, 0.2) is 47.4 Å². The fraction of sp³-hybridized carbons (Fsp3) is 0.214. The molecule has 2 rings (SSSR count). The van der Waals surface area contributed by atoms with Crippen molar-refractivity contribution in [2.45, 2.75) is 19.3 Å². The Labute approximate surface area is 112 Å². The van der Waals surface area contributed by atoms with Crippen LogP contribution in [0.1, 0.15) is 24.5 Å². The van der Waals surface area contributed by atoms with Crippen molar-refractivity contribution in [2.24, 2.45) is 0 Å². The number of aromatic nitrogens is 1. The average molecular weight is 285 g/mol. The number of benzene rings is 1. The molecule has 0 bridgehead atoms. The van der Waals surface area contributed by atoms with Crippen molar-refractivity contribution in [1.29, 1.82) is 0 Å². The Hall–Kier alpha value is -2.11. The van der Waals surface area contributed by atoms with Crippen LogP contribution in [0.4, 0.5) is 17.6 Å². The van der Waals surface area contributed by atoms with E-state index in [2.05, 4.69) is 0 Å². The lowest BCUT2D eigenvalue weighted by molar-refractivity contribution is 0.0175. The van der Waals surface area contributed by atoms with Gasteiger partial charge in [0.15, 0.2) is 0 Å². The molecule has 1 aromatic carbocycles. The van der Waals surface area contributed by atoms with Crippen molar-refractivity contribution >= 4 is 0 Å². The maximum absolute atomic E-state index is 13.1. The van der Waals surface area contributed by atoms with Crippen molar-refractivity contribution in [2.75, 3.05) is 0 Å². The minimum Gasteiger partial charge on any atom is -0.284 e. The van der Waals surface area contributed by atoms with E-state index in [-0.39, 0.29) is 11.1 Å². The third-order valence-corrected chi connectivity index (χ3v) is 2.85. The van der Waals surface area contributed by atoms with E-state index in [1.165, 1.54) is 30.5 Å². The zero-order valence-electron chi connectivity index (χ0n) is 10.5. The summed E-state index contributed by atoms with van der Waals surface area (Å²) in [6, 6.07) is 7.03. The van der Waals surface area contributed by atoms with Gasteiger partial charge < -0.3 is 0 Å². The molecule has 0 unspecified atom stereocenters. The molecule has 2 aromatic rings. The third kappa shape index (κ3) is 2.89. The standard InChI is InChI=1S/C14H11F4NO/c1-14(17,18)10-2-4-11(5-3-10)19-7-6-9(13(15)16)8-12(19)20/h2-8,13H,1H3. The molecule has 6 heteroatoms. The molecule has 0 N–H and O–H groups in total. The molecule has 0 aliphatic carbocycles. The summed E-state index contributed by atoms with van der Waals surface area (Å²) >= 11 is 0. The van der Waals surface area contributed by atoms with Gasteiger partial charge in [-0.25, -0.2) is 17.6 Å². The van der Waals surface area contributed by atoms with Gasteiger partial charge in [0, 0.05) is 36.0 Å². The maximum atomic E-state index is 13.1. The van der Waals surface area contributed by atoms with Crippen LogP contribution in [0.25, 0.3) is 5.69 Å². The Morgan fingerprint density at radius 1 is 1.10 bits per heavy atom. The van der Waals surface area contributed by atoms with Gasteiger partial charge in [-0.3, -0.25) is 9.36 Å². The van der Waals surface area contributed by atoms with Crippen LogP contribution in [0.2, 0.25) is 0 Å². The highest BCUT2D eigenvalue weighted by atomic mass is 19.3. The molecule has 106 valence electrons. The summed E-state index contributed by atoms with van der Waals surface area (Å²) in [5, 5.41) is 0. The van der Waals surface area contributed by atoms with Gasteiger partial charge in [0.2, 0.25) is 0 Å². The number of alkyl halides is 4. The van der Waals surface area contributed by atoms with Gasteiger partial charge in [0.1, 0.15) is 0 Å². The molecular weight excluding hydrogens is 274 g/mol. The zero-order valence-corrected chi connectivity index (χ0v) is 10.5. The van der Waals surface area contributed by atoms with Gasteiger partial charge in [-0.15, -0.1) is 0 Å². The van der Waals surface area contributed by atoms with Crippen molar-refractivity contribution in [3.63, 3.8) is 0 Å². The molecule has 0 spiro atoms. The monoisotopic (exact) mass is 285 g/mol. The number of hydrogen-bond acceptors (Lipinski definition) is 1. The summed E-state index contributed by atoms with van der Waals surface area (Å²) < 4.78 is 52.1. The van der Waals surface area contributed by atoms with Gasteiger partial charge in [0.05, 0.1) is 0 Å². The van der Waals surface area contributed by atoms with Gasteiger partial charge in [-0.05, 0) is 18.2 Å². The van der Waals surface area contributed by atoms with Crippen molar-refractivity contribution in [3.05, 3.63) is 64.1 Å². The van der Waals surface area contributed by atoms with Gasteiger partial charge >= 0.3 is 0 Å². The van der Waals surface area contributed by atoms with Crippen molar-refractivity contribution in [3.8, 4) is 5.69 Å². The summed E-state index contributed by atoms with van der Waals surface area (Å²) in [5.74, 6) is -2.97. The molecule has 0 atom stereocenters. The van der Waals surface area contributed by atoms with E-state index < -0.39 is 17.9 Å². The second kappa shape index (κ2) is 5.11. The quantitative estimate of drug-likeness (QED) is 0.784. The molecule has 0 saturated carbocycles. The van der Waals surface area contributed by atoms with E-state index >= 15 is 0 Å². The van der Waals surface area contributed by atoms with Crippen molar-refractivity contribution in [1.82, 2.24) is 4.57 Å². The van der Waals surface area contributed by atoms with Crippen molar-refractivity contribution < 1.29 is 17.6 Å². The van der Waals surface area contributed by atoms with Crippen LogP contribution in [0.5, 0.6) is 0 Å². The number of nitrogens with zero attached hydrogens (tertiary/aromatic N) is 1. The summed E-state index contributed by atoms with van der Waals surface area (Å²) in [4.78, 5) is 11.7. The minimum atomic E-state index is -2.97. The number of rotatable bonds is 3. The Bertz CT molecular complexity index is 656. The predicted octanol–water partition coefficient (Wildman–Crippen LogP) is 3.89. The zero-order chi connectivity index (χ0) is 14.9. The Kier molecular flexibility index (Phi) is 3.65. The molecule has 0 saturated heterocycles. The normalized spacial score (nSPS) is 11.9. The van der Waals surface area contributed by atoms with Crippen LogP contribution in [0.3, 0.4) is 0 Å². The van der Waals surface area contributed by atoms with E-state index in [1.54, 1.807) is 0 Å². The first-order valence-corrected chi connectivity index (χ1v) is 5.78. The average Bonchev–Trinajstić information content (AvgIpc) is 2.37. The second-order valence-electron chi connectivity index (χ2n) is 4.40. The molecule has 0 aliphatic rings. The first-order valence-electron chi connectivity index (χ1n) is 5.78. The van der Waals surface area contributed by atoms with E-state index in [0.717, 1.165) is 23.6 Å². The molecule has 1 aromatic heterocycles. The SMILES string of the molecule is CC(F)(F)c1ccc(-n2ccc(C(F)F)cc2=O)cc1. The van der Waals surface area contributed by atoms with Crippen LogP contribution in [-0.4, -0.2) is 4.57 Å². The molecule has 1 heterocycles. The molecule has 20 heavy (non-hydrogen) atoms. The maximum Gasteiger partial charge on any atom is 0.270 e. The van der Waals surface area contributed by atoms with Gasteiger partial charge in [-0.1, -0.05) is 12.1 Å². The van der Waals surface area contributed by atoms with Crippen LogP contribution < -0.4 is 5.56 Å². The van der Waals surface area contributed by atoms with Gasteiger partial charge in [-0.2, -0.15) is 0 Å². The number of hydrogen-bond donors (Lipinski definition) is 0. The lowest BCUT2D eigenvalue weighted by Crippen LogP contribution is -2.17. The summed E-state index contributed by atoms with van der Waals surface area (Å²) in [6.45, 7) is 0.769. The molecular formula is C14H11F4NO. The first-order chi connectivity index (χ1) is 9.29. The highest BCUT2D eigenvalue weighted by Gasteiger charge is 2.23. The van der Waals surface area contributed by atoms with Crippen LogP contribution >= 0.6 is 0 Å². The topological polar surface area (TPSA) is 22.0 Å². The molecule has 0 aliphatic heterocycles. The first kappa shape index (κ1) is 14.3. The van der Waals surface area contributed by atoms with Crippen LogP contribution in [-0.2, 0) is 5.92 Å². The summed E-state index contributed by atoms with van der Waals surface area (Å²) in [5.41, 5.74) is -0.857. The Balaban J connectivity index is 2.40. The molecule has 0 fully saturated rings. The minimum absolute atomic E-state index is 0.182. The van der Waals surface area contributed by atoms with E-state index in [4.69, 9.17) is 0 Å². The summed E-state index contributed by atoms with van der Waals surface area (Å²) in [7, 11) is 0. The molecule has 0 radical (unpaired) electrons. The smallest absolute Gasteiger partial charge is 0.270 e. The molecule has 0 amide bonds. The largest absolute Gasteiger partial charge is 0.284 e. The number of halogens is 4. The van der Waals surface area contributed by atoms with E-state index in [9.17, 15) is 22.4 Å². The lowest BCUT2D eigenvalue weighted by Gasteiger charge is -2.12. The Morgan fingerprint density at radius 2 is 1.70 bits per heavy atom. The fourth-order valence-corrected chi connectivity index (χ4v) is 1.76. The van der Waals surface area contributed by atoms with E-state index in [0.29, 0.717) is 5.69 Å². The van der Waals surface area contributed by atoms with E-state index in [1.807, 2.05) is 0 Å². The second-order valence-corrected chi connectivity index (χ2v) is 4.40. The third-order valence-electron chi connectivity index (χ3n) is 2.85. The van der Waals surface area contributed by atoms with Crippen LogP contribution in [0, 0.1) is 0 Å². The summed E-state index contributed by atoms with van der Waals surface area (Å²) in [6.07, 6.45) is -1.53. The highest BCUT2D eigenvalue weighted by Crippen LogP contribution is 2.27. The fourth-order valence-electron chi connectivity index (χ4n) is 1.76. The number of pyridine rings is 1. The highest BCUT2D eigenvalue weighted by molar-refractivity contribution is 5.36. The Morgan fingerprint density at radius 3 is 2.15 bits per heavy atom.